The maximum Gasteiger partial charge on any atom is 0.306 e. The van der Waals surface area contributed by atoms with E-state index in [9.17, 15) is 14.4 Å². The highest BCUT2D eigenvalue weighted by Gasteiger charge is 2.19. The second kappa shape index (κ2) is 50.0. The number of allylic oxidation sites excluding steroid dienone is 16. The van der Waals surface area contributed by atoms with Gasteiger partial charge in [0, 0.05) is 19.3 Å². The third-order valence-corrected chi connectivity index (χ3v) is 10.3. The zero-order valence-corrected chi connectivity index (χ0v) is 40.1. The molecule has 0 heterocycles. The number of hydrogen-bond acceptors (Lipinski definition) is 6. The van der Waals surface area contributed by atoms with Crippen LogP contribution in [0.15, 0.2) is 97.2 Å². The van der Waals surface area contributed by atoms with Crippen molar-refractivity contribution in [3.8, 4) is 0 Å². The van der Waals surface area contributed by atoms with Crippen molar-refractivity contribution in [1.82, 2.24) is 0 Å². The molecule has 0 rings (SSSR count). The van der Waals surface area contributed by atoms with Crippen molar-refractivity contribution >= 4 is 17.9 Å². The van der Waals surface area contributed by atoms with E-state index in [0.717, 1.165) is 116 Å². The first kappa shape index (κ1) is 58.3. The smallest absolute Gasteiger partial charge is 0.306 e. The number of rotatable bonds is 44. The Labute approximate surface area is 381 Å². The summed E-state index contributed by atoms with van der Waals surface area (Å²) in [6, 6.07) is 0. The highest BCUT2D eigenvalue weighted by Crippen LogP contribution is 2.14. The summed E-state index contributed by atoms with van der Waals surface area (Å²) in [6.07, 6.45) is 65.3. The summed E-state index contributed by atoms with van der Waals surface area (Å²) in [7, 11) is 0. The van der Waals surface area contributed by atoms with Crippen LogP contribution < -0.4 is 0 Å². The van der Waals surface area contributed by atoms with Crippen LogP contribution in [0.2, 0.25) is 0 Å². The van der Waals surface area contributed by atoms with Gasteiger partial charge in [0.25, 0.3) is 0 Å². The Morgan fingerprint density at radius 1 is 0.339 bits per heavy atom. The normalized spacial score (nSPS) is 12.9. The molecule has 1 atom stereocenters. The molecule has 0 aliphatic heterocycles. The molecule has 352 valence electrons. The van der Waals surface area contributed by atoms with Crippen LogP contribution in [0.3, 0.4) is 0 Å². The van der Waals surface area contributed by atoms with E-state index in [1.807, 2.05) is 0 Å². The lowest BCUT2D eigenvalue weighted by atomic mass is 10.0. The van der Waals surface area contributed by atoms with Gasteiger partial charge in [-0.05, 0) is 89.9 Å². The minimum Gasteiger partial charge on any atom is -0.462 e. The Morgan fingerprint density at radius 2 is 0.645 bits per heavy atom. The molecule has 0 aliphatic rings. The molecule has 0 aromatic heterocycles. The van der Waals surface area contributed by atoms with E-state index >= 15 is 0 Å². The van der Waals surface area contributed by atoms with E-state index in [1.54, 1.807) is 0 Å². The minimum atomic E-state index is -0.812. The first-order chi connectivity index (χ1) is 30.5. The number of hydrogen-bond donors (Lipinski definition) is 0. The van der Waals surface area contributed by atoms with E-state index in [-0.39, 0.29) is 37.5 Å². The third kappa shape index (κ3) is 47.4. The van der Waals surface area contributed by atoms with Gasteiger partial charge in [0.15, 0.2) is 6.10 Å². The fourth-order valence-electron chi connectivity index (χ4n) is 6.61. The summed E-state index contributed by atoms with van der Waals surface area (Å²) in [4.78, 5) is 37.9. The van der Waals surface area contributed by atoms with E-state index < -0.39 is 6.10 Å². The van der Waals surface area contributed by atoms with Crippen molar-refractivity contribution in [3.05, 3.63) is 97.2 Å². The van der Waals surface area contributed by atoms with Crippen molar-refractivity contribution in [1.29, 1.82) is 0 Å². The van der Waals surface area contributed by atoms with Gasteiger partial charge >= 0.3 is 17.9 Å². The second-order valence-electron chi connectivity index (χ2n) is 16.3. The fourth-order valence-corrected chi connectivity index (χ4v) is 6.61. The lowest BCUT2D eigenvalue weighted by molar-refractivity contribution is -0.167. The third-order valence-electron chi connectivity index (χ3n) is 10.3. The minimum absolute atomic E-state index is 0.105. The number of ether oxygens (including phenoxy) is 3. The highest BCUT2D eigenvalue weighted by molar-refractivity contribution is 5.71. The Bertz CT molecular complexity index is 1260. The van der Waals surface area contributed by atoms with Crippen LogP contribution in [0.1, 0.15) is 220 Å². The summed E-state index contributed by atoms with van der Waals surface area (Å²) in [5, 5.41) is 0. The van der Waals surface area contributed by atoms with Gasteiger partial charge in [-0.3, -0.25) is 14.4 Å². The molecule has 0 aromatic carbocycles. The van der Waals surface area contributed by atoms with Gasteiger partial charge in [0.05, 0.1) is 0 Å². The van der Waals surface area contributed by atoms with Crippen molar-refractivity contribution in [2.75, 3.05) is 13.2 Å². The van der Waals surface area contributed by atoms with Crippen LogP contribution in [0.5, 0.6) is 0 Å². The van der Waals surface area contributed by atoms with Crippen LogP contribution >= 0.6 is 0 Å². The second-order valence-corrected chi connectivity index (χ2v) is 16.3. The van der Waals surface area contributed by atoms with Gasteiger partial charge < -0.3 is 14.2 Å². The van der Waals surface area contributed by atoms with Gasteiger partial charge in [-0.1, -0.05) is 208 Å². The summed E-state index contributed by atoms with van der Waals surface area (Å²) in [5.41, 5.74) is 0. The molecular weight excluding hydrogens is 769 g/mol. The van der Waals surface area contributed by atoms with Gasteiger partial charge in [-0.25, -0.2) is 0 Å². The first-order valence-corrected chi connectivity index (χ1v) is 25.2. The molecular formula is C56H92O6. The van der Waals surface area contributed by atoms with Crippen molar-refractivity contribution in [2.24, 2.45) is 0 Å². The zero-order valence-electron chi connectivity index (χ0n) is 40.1. The Balaban J connectivity index is 4.52. The molecule has 0 bridgehead atoms. The largest absolute Gasteiger partial charge is 0.462 e. The zero-order chi connectivity index (χ0) is 45.1. The van der Waals surface area contributed by atoms with Crippen LogP contribution in [0.25, 0.3) is 0 Å². The average molecular weight is 861 g/mol. The van der Waals surface area contributed by atoms with Gasteiger partial charge in [-0.15, -0.1) is 0 Å². The molecule has 0 aromatic rings. The highest BCUT2D eigenvalue weighted by atomic mass is 16.6. The van der Waals surface area contributed by atoms with Crippen LogP contribution in [0, 0.1) is 0 Å². The summed E-state index contributed by atoms with van der Waals surface area (Å²) in [6.45, 7) is 6.34. The lowest BCUT2D eigenvalue weighted by Gasteiger charge is -2.18. The molecule has 0 amide bonds. The Morgan fingerprint density at radius 3 is 1.03 bits per heavy atom. The maximum absolute atomic E-state index is 12.8. The molecule has 0 radical (unpaired) electrons. The fraction of sp³-hybridized carbons (Fsp3) is 0.661. The van der Waals surface area contributed by atoms with Gasteiger partial charge in [0.2, 0.25) is 0 Å². The van der Waals surface area contributed by atoms with Crippen LogP contribution in [-0.2, 0) is 28.6 Å². The average Bonchev–Trinajstić information content (AvgIpc) is 3.27. The summed E-state index contributed by atoms with van der Waals surface area (Å²) < 4.78 is 16.7. The predicted molar refractivity (Wildman–Crippen MR) is 265 cm³/mol. The van der Waals surface area contributed by atoms with E-state index in [2.05, 4.69) is 118 Å². The molecule has 62 heavy (non-hydrogen) atoms. The molecule has 0 unspecified atom stereocenters. The van der Waals surface area contributed by atoms with Crippen LogP contribution in [0.4, 0.5) is 0 Å². The van der Waals surface area contributed by atoms with Gasteiger partial charge in [-0.2, -0.15) is 0 Å². The maximum atomic E-state index is 12.8. The van der Waals surface area contributed by atoms with E-state index in [0.29, 0.717) is 19.3 Å². The quantitative estimate of drug-likeness (QED) is 0.0263. The number of esters is 3. The topological polar surface area (TPSA) is 78.9 Å². The number of carbonyl (C=O) groups is 3. The SMILES string of the molecule is CC/C=C\C/C=C\C/C=C\C/C=C\C/C=C\CCCC(=O)O[C@H](COC(=O)CCCCCCC/C=C\C/C=C\C/C=C\CC)COC(=O)CCCCCCCCCCCCCC. The standard InChI is InChI=1S/C56H92O6/c1-4-7-10-13-16-19-22-25-27-28-30-32-35-38-41-44-47-50-56(59)62-53(51-60-54(57)48-45-42-39-36-33-24-21-18-15-12-9-6-3)52-61-55(58)49-46-43-40-37-34-31-29-26-23-20-17-14-11-8-5-2/h7-8,10-11,16-17,19-20,25-27,29-30,32,38,41,53H,4-6,9,12-15,18,21-24,28,31,33-37,39-40,42-52H2,1-3H3/b10-7-,11-8-,19-16-,20-17-,27-25-,29-26-,32-30-,41-38-/t53-/m0/s1. The molecule has 0 fully saturated rings. The molecule has 0 saturated carbocycles. The summed E-state index contributed by atoms with van der Waals surface area (Å²) >= 11 is 0. The van der Waals surface area contributed by atoms with Crippen LogP contribution in [-0.4, -0.2) is 37.2 Å². The predicted octanol–water partition coefficient (Wildman–Crippen LogP) is 16.6. The number of unbranched alkanes of at least 4 members (excludes halogenated alkanes) is 17. The van der Waals surface area contributed by atoms with Crippen molar-refractivity contribution < 1.29 is 28.6 Å². The Kier molecular flexibility index (Phi) is 47.0. The van der Waals surface area contributed by atoms with Gasteiger partial charge in [0.1, 0.15) is 13.2 Å². The van der Waals surface area contributed by atoms with E-state index in [1.165, 1.54) is 57.8 Å². The molecule has 0 saturated heterocycles. The molecule has 0 N–H and O–H groups in total. The van der Waals surface area contributed by atoms with Crippen molar-refractivity contribution in [3.63, 3.8) is 0 Å². The Hall–Kier alpha value is -3.67. The summed E-state index contributed by atoms with van der Waals surface area (Å²) in [5.74, 6) is -0.986. The molecule has 6 nitrogen and oxygen atoms in total. The molecule has 0 spiro atoms. The lowest BCUT2D eigenvalue weighted by Crippen LogP contribution is -2.30. The van der Waals surface area contributed by atoms with Crippen molar-refractivity contribution in [2.45, 2.75) is 226 Å². The van der Waals surface area contributed by atoms with E-state index in [4.69, 9.17) is 14.2 Å². The number of carbonyl (C=O) groups excluding carboxylic acids is 3. The molecule has 0 aliphatic carbocycles. The molecule has 6 heteroatoms. The monoisotopic (exact) mass is 861 g/mol. The first-order valence-electron chi connectivity index (χ1n) is 25.2.